The molecule has 1 atom stereocenters. The van der Waals surface area contributed by atoms with Crippen LogP contribution < -0.4 is 10.6 Å². The molecule has 0 aromatic heterocycles. The standard InChI is InChI=1S/C14H17F3N2OS/c1-13(8-4-5-9-18-13)12(20)19-10-6-2-3-7-11(10)21-14(15,16)17/h2-3,6-7,18H,4-5,8-9H2,1H3,(H,19,20). The zero-order valence-electron chi connectivity index (χ0n) is 11.6. The number of amides is 1. The van der Waals surface area contributed by atoms with Crippen LogP contribution in [0.4, 0.5) is 18.9 Å². The van der Waals surface area contributed by atoms with Gasteiger partial charge in [-0.25, -0.2) is 0 Å². The maximum absolute atomic E-state index is 12.5. The van der Waals surface area contributed by atoms with Crippen LogP contribution in [0.1, 0.15) is 26.2 Å². The van der Waals surface area contributed by atoms with Crippen molar-refractivity contribution < 1.29 is 18.0 Å². The van der Waals surface area contributed by atoms with E-state index in [4.69, 9.17) is 0 Å². The lowest BCUT2D eigenvalue weighted by molar-refractivity contribution is -0.122. The molecule has 0 radical (unpaired) electrons. The van der Waals surface area contributed by atoms with Gasteiger partial charge in [0.25, 0.3) is 0 Å². The van der Waals surface area contributed by atoms with Crippen LogP contribution in [0.15, 0.2) is 29.2 Å². The second-order valence-electron chi connectivity index (χ2n) is 5.21. The molecule has 1 heterocycles. The van der Waals surface area contributed by atoms with Gasteiger partial charge < -0.3 is 10.6 Å². The maximum atomic E-state index is 12.5. The largest absolute Gasteiger partial charge is 0.446 e. The number of carbonyl (C=O) groups is 1. The number of thioether (sulfide) groups is 1. The molecule has 2 N–H and O–H groups in total. The van der Waals surface area contributed by atoms with Crippen LogP contribution in [0, 0.1) is 0 Å². The number of para-hydroxylation sites is 1. The number of benzene rings is 1. The molecule has 1 fully saturated rings. The average Bonchev–Trinajstić information content (AvgIpc) is 2.40. The summed E-state index contributed by atoms with van der Waals surface area (Å²) >= 11 is -0.220. The first-order valence-electron chi connectivity index (χ1n) is 6.71. The Morgan fingerprint density at radius 1 is 1.33 bits per heavy atom. The summed E-state index contributed by atoms with van der Waals surface area (Å²) in [6.07, 6.45) is 2.60. The van der Waals surface area contributed by atoms with Crippen molar-refractivity contribution in [3.05, 3.63) is 24.3 Å². The number of anilines is 1. The van der Waals surface area contributed by atoms with E-state index in [1.807, 2.05) is 0 Å². The van der Waals surface area contributed by atoms with E-state index in [0.29, 0.717) is 6.42 Å². The average molecular weight is 318 g/mol. The van der Waals surface area contributed by atoms with E-state index in [1.54, 1.807) is 13.0 Å². The topological polar surface area (TPSA) is 41.1 Å². The second kappa shape index (κ2) is 6.27. The van der Waals surface area contributed by atoms with Gasteiger partial charge in [-0.2, -0.15) is 13.2 Å². The number of alkyl halides is 3. The normalized spacial score (nSPS) is 22.9. The molecule has 1 unspecified atom stereocenters. The first-order valence-corrected chi connectivity index (χ1v) is 7.53. The third-order valence-electron chi connectivity index (χ3n) is 3.48. The Labute approximate surface area is 125 Å². The Morgan fingerprint density at radius 2 is 2.05 bits per heavy atom. The third kappa shape index (κ3) is 4.38. The van der Waals surface area contributed by atoms with Gasteiger partial charge in [0.2, 0.25) is 5.91 Å². The van der Waals surface area contributed by atoms with Gasteiger partial charge in [0.05, 0.1) is 11.2 Å². The molecule has 21 heavy (non-hydrogen) atoms. The molecule has 1 saturated heterocycles. The van der Waals surface area contributed by atoms with Crippen molar-refractivity contribution in [3.63, 3.8) is 0 Å². The van der Waals surface area contributed by atoms with Gasteiger partial charge >= 0.3 is 5.51 Å². The Morgan fingerprint density at radius 3 is 2.67 bits per heavy atom. The predicted molar refractivity (Wildman–Crippen MR) is 77.2 cm³/mol. The summed E-state index contributed by atoms with van der Waals surface area (Å²) in [5.41, 5.74) is -4.92. The third-order valence-corrected chi connectivity index (χ3v) is 4.29. The Bertz CT molecular complexity index is 513. The maximum Gasteiger partial charge on any atom is 0.446 e. The van der Waals surface area contributed by atoms with E-state index in [1.165, 1.54) is 18.2 Å². The van der Waals surface area contributed by atoms with Crippen molar-refractivity contribution in [2.24, 2.45) is 0 Å². The van der Waals surface area contributed by atoms with Gasteiger partial charge in [-0.1, -0.05) is 12.1 Å². The molecule has 2 rings (SSSR count). The van der Waals surface area contributed by atoms with Crippen molar-refractivity contribution >= 4 is 23.4 Å². The monoisotopic (exact) mass is 318 g/mol. The van der Waals surface area contributed by atoms with E-state index in [2.05, 4.69) is 10.6 Å². The van der Waals surface area contributed by atoms with Crippen LogP contribution >= 0.6 is 11.8 Å². The van der Waals surface area contributed by atoms with Gasteiger partial charge in [0.1, 0.15) is 0 Å². The minimum atomic E-state index is -4.38. The van der Waals surface area contributed by atoms with E-state index < -0.39 is 11.0 Å². The summed E-state index contributed by atoms with van der Waals surface area (Å²) in [6.45, 7) is 2.52. The lowest BCUT2D eigenvalue weighted by Crippen LogP contribution is -2.54. The Hall–Kier alpha value is -1.21. The highest BCUT2D eigenvalue weighted by atomic mass is 32.2. The van der Waals surface area contributed by atoms with E-state index in [-0.39, 0.29) is 28.3 Å². The quantitative estimate of drug-likeness (QED) is 0.834. The first kappa shape index (κ1) is 16.2. The number of rotatable bonds is 3. The molecule has 0 aliphatic carbocycles. The zero-order chi connectivity index (χ0) is 15.5. The predicted octanol–water partition coefficient (Wildman–Crippen LogP) is 3.77. The van der Waals surface area contributed by atoms with Crippen LogP contribution in [0.3, 0.4) is 0 Å². The molecular formula is C14H17F3N2OS. The van der Waals surface area contributed by atoms with E-state index >= 15 is 0 Å². The van der Waals surface area contributed by atoms with Crippen LogP contribution in [0.2, 0.25) is 0 Å². The minimum Gasteiger partial charge on any atom is -0.323 e. The number of hydrogen-bond acceptors (Lipinski definition) is 3. The molecule has 116 valence electrons. The molecule has 1 aromatic carbocycles. The molecule has 0 spiro atoms. The fourth-order valence-electron chi connectivity index (χ4n) is 2.29. The number of carbonyl (C=O) groups excluding carboxylic acids is 1. The molecule has 7 heteroatoms. The van der Waals surface area contributed by atoms with E-state index in [0.717, 1.165) is 19.4 Å². The van der Waals surface area contributed by atoms with Crippen LogP contribution in [-0.4, -0.2) is 23.5 Å². The van der Waals surface area contributed by atoms with Crippen molar-refractivity contribution in [2.45, 2.75) is 42.1 Å². The minimum absolute atomic E-state index is 0.00207. The molecule has 1 aliphatic heterocycles. The molecule has 3 nitrogen and oxygen atoms in total. The van der Waals surface area contributed by atoms with Gasteiger partial charge in [-0.3, -0.25) is 4.79 Å². The lowest BCUT2D eigenvalue weighted by atomic mass is 9.90. The van der Waals surface area contributed by atoms with Crippen molar-refractivity contribution in [2.75, 3.05) is 11.9 Å². The fraction of sp³-hybridized carbons (Fsp3) is 0.500. The van der Waals surface area contributed by atoms with Crippen LogP contribution in [-0.2, 0) is 4.79 Å². The highest BCUT2D eigenvalue weighted by molar-refractivity contribution is 8.00. The number of halogens is 3. The van der Waals surface area contributed by atoms with Crippen LogP contribution in [0.5, 0.6) is 0 Å². The van der Waals surface area contributed by atoms with Gasteiger partial charge in [0, 0.05) is 4.90 Å². The second-order valence-corrected chi connectivity index (χ2v) is 6.32. The van der Waals surface area contributed by atoms with Gasteiger partial charge in [-0.05, 0) is 56.6 Å². The SMILES string of the molecule is CC1(C(=O)Nc2ccccc2SC(F)(F)F)CCCCN1. The van der Waals surface area contributed by atoms with Crippen LogP contribution in [0.25, 0.3) is 0 Å². The molecule has 1 aromatic rings. The molecule has 0 saturated carbocycles. The lowest BCUT2D eigenvalue weighted by Gasteiger charge is -2.33. The summed E-state index contributed by atoms with van der Waals surface area (Å²) in [5, 5.41) is 5.76. The Balaban J connectivity index is 2.14. The highest BCUT2D eigenvalue weighted by Gasteiger charge is 2.35. The van der Waals surface area contributed by atoms with Gasteiger partial charge in [-0.15, -0.1) is 0 Å². The summed E-state index contributed by atoms with van der Waals surface area (Å²) in [5.74, 6) is -0.294. The Kier molecular flexibility index (Phi) is 4.83. The summed E-state index contributed by atoms with van der Waals surface area (Å²) in [7, 11) is 0. The zero-order valence-corrected chi connectivity index (χ0v) is 12.4. The summed E-state index contributed by atoms with van der Waals surface area (Å²) in [4.78, 5) is 12.3. The van der Waals surface area contributed by atoms with Gasteiger partial charge in [0.15, 0.2) is 0 Å². The number of nitrogens with one attached hydrogen (secondary N) is 2. The molecule has 0 bridgehead atoms. The van der Waals surface area contributed by atoms with Crippen molar-refractivity contribution in [1.29, 1.82) is 0 Å². The summed E-state index contributed by atoms with van der Waals surface area (Å²) < 4.78 is 37.6. The fourth-order valence-corrected chi connectivity index (χ4v) is 2.92. The smallest absolute Gasteiger partial charge is 0.323 e. The highest BCUT2D eigenvalue weighted by Crippen LogP contribution is 2.40. The summed E-state index contributed by atoms with van der Waals surface area (Å²) in [6, 6.07) is 5.96. The number of piperidine rings is 1. The van der Waals surface area contributed by atoms with Crippen molar-refractivity contribution in [3.8, 4) is 0 Å². The molecule has 1 aliphatic rings. The molecular weight excluding hydrogens is 301 g/mol. The number of hydrogen-bond donors (Lipinski definition) is 2. The first-order chi connectivity index (χ1) is 9.80. The molecule has 1 amide bonds. The van der Waals surface area contributed by atoms with Crippen molar-refractivity contribution in [1.82, 2.24) is 5.32 Å². The van der Waals surface area contributed by atoms with E-state index in [9.17, 15) is 18.0 Å².